The van der Waals surface area contributed by atoms with Crippen LogP contribution in [0.1, 0.15) is 0 Å². The van der Waals surface area contributed by atoms with Gasteiger partial charge in [-0.15, -0.1) is 0 Å². The Hall–Kier alpha value is -1.76. The molecule has 18 heavy (non-hydrogen) atoms. The van der Waals surface area contributed by atoms with E-state index in [-0.39, 0.29) is 0 Å². The van der Waals surface area contributed by atoms with Gasteiger partial charge in [0.25, 0.3) is 5.91 Å². The van der Waals surface area contributed by atoms with Crippen molar-refractivity contribution in [2.75, 3.05) is 18.7 Å². The van der Waals surface area contributed by atoms with Crippen LogP contribution in [0, 0.1) is 5.92 Å². The van der Waals surface area contributed by atoms with Crippen molar-refractivity contribution in [2.45, 2.75) is 6.18 Å². The maximum Gasteiger partial charge on any atom is 0.401 e. The normalized spacial score (nSPS) is 20.3. The highest BCUT2D eigenvalue weighted by Gasteiger charge is 2.50. The number of nitrogens with one attached hydrogen (secondary N) is 1. The van der Waals surface area contributed by atoms with Crippen molar-refractivity contribution in [3.8, 4) is 5.75 Å². The molecule has 1 fully saturated rings. The Bertz CT molecular complexity index is 445. The molecule has 98 valence electrons. The Labute approximate surface area is 101 Å². The molecule has 1 heterocycles. The molecule has 0 radical (unpaired) electrons. The van der Waals surface area contributed by atoms with E-state index in [1.165, 1.54) is 19.2 Å². The minimum absolute atomic E-state index is 0.354. The molecule has 1 saturated heterocycles. The molecule has 1 aliphatic heterocycles. The van der Waals surface area contributed by atoms with Crippen molar-refractivity contribution in [3.05, 3.63) is 24.3 Å². The highest BCUT2D eigenvalue weighted by atomic mass is 19.4. The maximum absolute atomic E-state index is 12.5. The summed E-state index contributed by atoms with van der Waals surface area (Å²) < 4.78 is 42.5. The number of carbonyl (C=O) groups excluding carboxylic acids is 1. The van der Waals surface area contributed by atoms with Crippen LogP contribution in [-0.2, 0) is 4.79 Å². The molecule has 1 unspecified atom stereocenters. The monoisotopic (exact) mass is 260 g/mol. The first-order valence-corrected chi connectivity index (χ1v) is 5.21. The summed E-state index contributed by atoms with van der Waals surface area (Å²) in [5.74, 6) is -2.41. The summed E-state index contributed by atoms with van der Waals surface area (Å²) in [5, 5.41) is 0.914. The third-order valence-corrected chi connectivity index (χ3v) is 2.70. The average Bonchev–Trinajstić information content (AvgIpc) is 2.71. The Morgan fingerprint density at radius 2 is 1.94 bits per heavy atom. The van der Waals surface area contributed by atoms with Crippen LogP contribution in [-0.4, -0.2) is 25.7 Å². The highest BCUT2D eigenvalue weighted by Crippen LogP contribution is 2.32. The van der Waals surface area contributed by atoms with E-state index in [1.807, 2.05) is 0 Å². The molecule has 0 spiro atoms. The average molecular weight is 260 g/mol. The molecule has 0 bridgehead atoms. The number of alkyl halides is 3. The summed E-state index contributed by atoms with van der Waals surface area (Å²) in [5.41, 5.74) is 2.79. The molecule has 0 saturated carbocycles. The molecular formula is C11H11F3N2O2. The highest BCUT2D eigenvalue weighted by molar-refractivity contribution is 5.96. The molecule has 1 atom stereocenters. The Morgan fingerprint density at radius 1 is 1.33 bits per heavy atom. The number of nitrogens with zero attached hydrogens (tertiary/aromatic N) is 1. The molecule has 0 aromatic heterocycles. The van der Waals surface area contributed by atoms with Gasteiger partial charge in [-0.25, -0.2) is 10.4 Å². The number of hydrogen-bond acceptors (Lipinski definition) is 3. The molecule has 0 aliphatic carbocycles. The molecular weight excluding hydrogens is 249 g/mol. The number of carbonyl (C=O) groups is 1. The van der Waals surface area contributed by atoms with Crippen molar-refractivity contribution in [1.82, 2.24) is 5.43 Å². The zero-order chi connectivity index (χ0) is 13.3. The van der Waals surface area contributed by atoms with Crippen LogP contribution in [0.25, 0.3) is 0 Å². The summed E-state index contributed by atoms with van der Waals surface area (Å²) in [4.78, 5) is 11.6. The summed E-state index contributed by atoms with van der Waals surface area (Å²) in [6.45, 7) is -0.436. The second-order valence-electron chi connectivity index (χ2n) is 3.83. The van der Waals surface area contributed by atoms with Crippen LogP contribution in [0.2, 0.25) is 0 Å². The molecule has 2 rings (SSSR count). The molecule has 4 nitrogen and oxygen atoms in total. The lowest BCUT2D eigenvalue weighted by atomic mass is 10.1. The molecule has 1 amide bonds. The first-order chi connectivity index (χ1) is 8.43. The number of hydrogen-bond donors (Lipinski definition) is 1. The van der Waals surface area contributed by atoms with Crippen LogP contribution < -0.4 is 15.2 Å². The standard InChI is InChI=1S/C11H11F3N2O2/c1-18-8-4-2-7(3-5-8)16-10(17)9(6-15-16)11(12,13)14/h2-5,9,15H,6H2,1H3. The van der Waals surface area contributed by atoms with Crippen LogP contribution in [0.15, 0.2) is 24.3 Å². The van der Waals surface area contributed by atoms with Gasteiger partial charge >= 0.3 is 6.18 Å². The zero-order valence-electron chi connectivity index (χ0n) is 9.49. The van der Waals surface area contributed by atoms with Gasteiger partial charge in [0.15, 0.2) is 0 Å². The van der Waals surface area contributed by atoms with E-state index < -0.39 is 24.5 Å². The van der Waals surface area contributed by atoms with Gasteiger partial charge in [0.05, 0.1) is 12.8 Å². The minimum atomic E-state index is -4.52. The quantitative estimate of drug-likeness (QED) is 0.880. The van der Waals surface area contributed by atoms with Gasteiger partial charge in [0.1, 0.15) is 11.7 Å². The molecule has 7 heteroatoms. The number of ether oxygens (including phenoxy) is 1. The van der Waals surface area contributed by atoms with E-state index in [0.29, 0.717) is 11.4 Å². The summed E-state index contributed by atoms with van der Waals surface area (Å²) in [6, 6.07) is 6.18. The predicted molar refractivity (Wildman–Crippen MR) is 58.0 cm³/mol. The minimum Gasteiger partial charge on any atom is -0.497 e. The van der Waals surface area contributed by atoms with E-state index >= 15 is 0 Å². The van der Waals surface area contributed by atoms with Gasteiger partial charge in [0.2, 0.25) is 0 Å². The Balaban J connectivity index is 2.18. The van der Waals surface area contributed by atoms with Crippen LogP contribution in [0.4, 0.5) is 18.9 Å². The van der Waals surface area contributed by atoms with Gasteiger partial charge in [-0.2, -0.15) is 13.2 Å². The summed E-state index contributed by atoms with van der Waals surface area (Å²) in [7, 11) is 1.48. The molecule has 1 N–H and O–H groups in total. The van der Waals surface area contributed by atoms with Crippen LogP contribution >= 0.6 is 0 Å². The fourth-order valence-electron chi connectivity index (χ4n) is 1.71. The second-order valence-corrected chi connectivity index (χ2v) is 3.83. The van der Waals surface area contributed by atoms with Gasteiger partial charge in [-0.1, -0.05) is 0 Å². The first kappa shape index (κ1) is 12.7. The Kier molecular flexibility index (Phi) is 3.16. The summed E-state index contributed by atoms with van der Waals surface area (Å²) >= 11 is 0. The van der Waals surface area contributed by atoms with Crippen molar-refractivity contribution in [2.24, 2.45) is 5.92 Å². The number of methoxy groups -OCH3 is 1. The number of rotatable bonds is 2. The first-order valence-electron chi connectivity index (χ1n) is 5.21. The van der Waals surface area contributed by atoms with E-state index in [1.54, 1.807) is 12.1 Å². The maximum atomic E-state index is 12.5. The van der Waals surface area contributed by atoms with Crippen molar-refractivity contribution in [3.63, 3.8) is 0 Å². The van der Waals surface area contributed by atoms with E-state index in [9.17, 15) is 18.0 Å². The van der Waals surface area contributed by atoms with Crippen LogP contribution in [0.5, 0.6) is 5.75 Å². The van der Waals surface area contributed by atoms with Crippen molar-refractivity contribution < 1.29 is 22.7 Å². The van der Waals surface area contributed by atoms with E-state index in [4.69, 9.17) is 4.74 Å². The second kappa shape index (κ2) is 4.49. The van der Waals surface area contributed by atoms with Gasteiger partial charge in [-0.05, 0) is 24.3 Å². The third-order valence-electron chi connectivity index (χ3n) is 2.70. The number of anilines is 1. The lowest BCUT2D eigenvalue weighted by Crippen LogP contribution is -2.36. The number of amides is 1. The summed E-state index contributed by atoms with van der Waals surface area (Å²) in [6.07, 6.45) is -4.52. The smallest absolute Gasteiger partial charge is 0.401 e. The lowest BCUT2D eigenvalue weighted by Gasteiger charge is -2.17. The fraction of sp³-hybridized carbons (Fsp3) is 0.364. The fourth-order valence-corrected chi connectivity index (χ4v) is 1.71. The van der Waals surface area contributed by atoms with Gasteiger partial charge in [0, 0.05) is 6.54 Å². The number of hydrazine groups is 1. The van der Waals surface area contributed by atoms with E-state index in [2.05, 4.69) is 5.43 Å². The topological polar surface area (TPSA) is 41.6 Å². The third kappa shape index (κ3) is 2.26. The SMILES string of the molecule is COc1ccc(N2NCC(C(F)(F)F)C2=O)cc1. The lowest BCUT2D eigenvalue weighted by molar-refractivity contribution is -0.174. The van der Waals surface area contributed by atoms with Crippen molar-refractivity contribution in [1.29, 1.82) is 0 Å². The van der Waals surface area contributed by atoms with Gasteiger partial charge < -0.3 is 4.74 Å². The predicted octanol–water partition coefficient (Wildman–Crippen LogP) is 1.72. The number of benzene rings is 1. The largest absolute Gasteiger partial charge is 0.497 e. The molecule has 1 aliphatic rings. The Morgan fingerprint density at radius 3 is 2.39 bits per heavy atom. The molecule has 1 aromatic rings. The molecule has 1 aromatic carbocycles. The van der Waals surface area contributed by atoms with Gasteiger partial charge in [-0.3, -0.25) is 4.79 Å². The zero-order valence-corrected chi connectivity index (χ0v) is 9.49. The number of halogens is 3. The van der Waals surface area contributed by atoms with Crippen molar-refractivity contribution >= 4 is 11.6 Å². The van der Waals surface area contributed by atoms with Crippen LogP contribution in [0.3, 0.4) is 0 Å². The van der Waals surface area contributed by atoms with E-state index in [0.717, 1.165) is 5.01 Å².